The van der Waals surface area contributed by atoms with Gasteiger partial charge in [0, 0.05) is 42.2 Å². The standard InChI is InChI=1S/C20H34N4O2/c1-13-6-16(22-21-13)8-15-11-24(12-17(15)25)18(26)7-14-9-19(2,3)23-20(4,5)10-14/h6,14-15,17,23,25H,7-12H2,1-5H3,(H,21,22)/t15-,17-/m1/s1. The molecule has 0 unspecified atom stereocenters. The Morgan fingerprint density at radius 3 is 2.50 bits per heavy atom. The number of aryl methyl sites for hydroxylation is 1. The Kier molecular flexibility index (Phi) is 5.19. The molecule has 3 N–H and O–H groups in total. The van der Waals surface area contributed by atoms with Crippen LogP contribution in [0.15, 0.2) is 6.07 Å². The van der Waals surface area contributed by atoms with E-state index in [0.717, 1.165) is 24.2 Å². The maximum absolute atomic E-state index is 12.9. The van der Waals surface area contributed by atoms with E-state index < -0.39 is 6.10 Å². The molecular formula is C20H34N4O2. The number of aromatic nitrogens is 2. The van der Waals surface area contributed by atoms with E-state index in [4.69, 9.17) is 0 Å². The molecule has 6 nitrogen and oxygen atoms in total. The van der Waals surface area contributed by atoms with Crippen molar-refractivity contribution in [2.75, 3.05) is 13.1 Å². The van der Waals surface area contributed by atoms with Gasteiger partial charge < -0.3 is 15.3 Å². The monoisotopic (exact) mass is 362 g/mol. The molecule has 2 atom stereocenters. The van der Waals surface area contributed by atoms with Crippen LogP contribution in [0.1, 0.15) is 58.3 Å². The predicted octanol–water partition coefficient (Wildman–Crippen LogP) is 2.03. The summed E-state index contributed by atoms with van der Waals surface area (Å²) in [7, 11) is 0. The van der Waals surface area contributed by atoms with Crippen molar-refractivity contribution >= 4 is 5.91 Å². The van der Waals surface area contributed by atoms with Gasteiger partial charge in [-0.05, 0) is 65.9 Å². The highest BCUT2D eigenvalue weighted by Gasteiger charge is 2.40. The number of rotatable bonds is 4. The molecule has 0 aromatic carbocycles. The molecule has 2 aliphatic heterocycles. The van der Waals surface area contributed by atoms with Crippen LogP contribution in [0.5, 0.6) is 0 Å². The van der Waals surface area contributed by atoms with Crippen LogP contribution in [-0.2, 0) is 11.2 Å². The van der Waals surface area contributed by atoms with Gasteiger partial charge >= 0.3 is 0 Å². The number of likely N-dealkylation sites (tertiary alicyclic amines) is 1. The summed E-state index contributed by atoms with van der Waals surface area (Å²) in [5.41, 5.74) is 2.09. The SMILES string of the molecule is Cc1cc(C[C@@H]2CN(C(=O)CC3CC(C)(C)NC(C)(C)C3)C[C@H]2O)n[nH]1. The van der Waals surface area contributed by atoms with Gasteiger partial charge in [-0.3, -0.25) is 9.89 Å². The van der Waals surface area contributed by atoms with Crippen LogP contribution in [0.2, 0.25) is 0 Å². The minimum absolute atomic E-state index is 0.0531. The minimum atomic E-state index is -0.461. The van der Waals surface area contributed by atoms with E-state index in [1.54, 1.807) is 0 Å². The third-order valence-electron chi connectivity index (χ3n) is 5.73. The van der Waals surface area contributed by atoms with Gasteiger partial charge in [0.1, 0.15) is 0 Å². The highest BCUT2D eigenvalue weighted by Crippen LogP contribution is 2.35. The third kappa shape index (κ3) is 4.65. The smallest absolute Gasteiger partial charge is 0.222 e. The largest absolute Gasteiger partial charge is 0.391 e. The van der Waals surface area contributed by atoms with Gasteiger partial charge in [0.2, 0.25) is 5.91 Å². The summed E-state index contributed by atoms with van der Waals surface area (Å²) in [6, 6.07) is 2.01. The van der Waals surface area contributed by atoms with Crippen molar-refractivity contribution in [3.05, 3.63) is 17.5 Å². The van der Waals surface area contributed by atoms with E-state index in [1.807, 2.05) is 17.9 Å². The molecule has 1 aromatic heterocycles. The lowest BCUT2D eigenvalue weighted by atomic mass is 9.74. The average Bonchev–Trinajstić information content (AvgIpc) is 3.02. The summed E-state index contributed by atoms with van der Waals surface area (Å²) in [5, 5.41) is 21.3. The molecule has 0 spiro atoms. The Balaban J connectivity index is 1.57. The molecule has 2 saturated heterocycles. The van der Waals surface area contributed by atoms with Crippen LogP contribution in [0, 0.1) is 18.8 Å². The van der Waals surface area contributed by atoms with Crippen molar-refractivity contribution < 1.29 is 9.90 Å². The first-order valence-electron chi connectivity index (χ1n) is 9.79. The molecule has 2 aliphatic rings. The number of carbonyl (C=O) groups is 1. The first-order valence-corrected chi connectivity index (χ1v) is 9.79. The van der Waals surface area contributed by atoms with Crippen LogP contribution < -0.4 is 5.32 Å². The summed E-state index contributed by atoms with van der Waals surface area (Å²) in [6.45, 7) is 11.9. The number of nitrogens with zero attached hydrogens (tertiary/aromatic N) is 2. The summed E-state index contributed by atoms with van der Waals surface area (Å²) >= 11 is 0. The first-order chi connectivity index (χ1) is 12.0. The molecule has 0 radical (unpaired) electrons. The van der Waals surface area contributed by atoms with Gasteiger partial charge in [-0.25, -0.2) is 0 Å². The van der Waals surface area contributed by atoms with Crippen molar-refractivity contribution in [1.29, 1.82) is 0 Å². The van der Waals surface area contributed by atoms with Gasteiger partial charge in [-0.1, -0.05) is 0 Å². The van der Waals surface area contributed by atoms with E-state index in [9.17, 15) is 9.90 Å². The number of aliphatic hydroxyl groups is 1. The topological polar surface area (TPSA) is 81.2 Å². The van der Waals surface area contributed by atoms with E-state index in [-0.39, 0.29) is 22.9 Å². The number of hydrogen-bond acceptors (Lipinski definition) is 4. The van der Waals surface area contributed by atoms with Crippen LogP contribution in [0.3, 0.4) is 0 Å². The lowest BCUT2D eigenvalue weighted by Crippen LogP contribution is -2.58. The summed E-state index contributed by atoms with van der Waals surface area (Å²) in [5.74, 6) is 0.643. The Labute approximate surface area is 156 Å². The van der Waals surface area contributed by atoms with Crippen molar-refractivity contribution in [2.45, 2.75) is 77.5 Å². The highest BCUT2D eigenvalue weighted by atomic mass is 16.3. The Morgan fingerprint density at radius 2 is 1.92 bits per heavy atom. The number of amides is 1. The molecule has 1 amide bonds. The minimum Gasteiger partial charge on any atom is -0.391 e. The molecule has 1 aromatic rings. The lowest BCUT2D eigenvalue weighted by Gasteiger charge is -2.46. The first kappa shape index (κ1) is 19.4. The van der Waals surface area contributed by atoms with Crippen LogP contribution in [0.25, 0.3) is 0 Å². The van der Waals surface area contributed by atoms with Crippen LogP contribution in [0.4, 0.5) is 0 Å². The van der Waals surface area contributed by atoms with Crippen molar-refractivity contribution in [3.63, 3.8) is 0 Å². The quantitative estimate of drug-likeness (QED) is 0.765. The van der Waals surface area contributed by atoms with Crippen molar-refractivity contribution in [2.24, 2.45) is 11.8 Å². The van der Waals surface area contributed by atoms with E-state index >= 15 is 0 Å². The summed E-state index contributed by atoms with van der Waals surface area (Å²) in [6.07, 6.45) is 2.85. The number of piperidine rings is 1. The fraction of sp³-hybridized carbons (Fsp3) is 0.800. The molecular weight excluding hydrogens is 328 g/mol. The number of β-amino-alcohol motifs (C(OH)–C–C–N with tert-alkyl or cyclic N) is 1. The zero-order valence-electron chi connectivity index (χ0n) is 16.8. The van der Waals surface area contributed by atoms with Crippen molar-refractivity contribution in [3.8, 4) is 0 Å². The van der Waals surface area contributed by atoms with Gasteiger partial charge in [0.15, 0.2) is 0 Å². The second-order valence-corrected chi connectivity index (χ2v) is 9.74. The zero-order chi connectivity index (χ0) is 19.1. The van der Waals surface area contributed by atoms with E-state index in [2.05, 4.69) is 43.2 Å². The Morgan fingerprint density at radius 1 is 1.27 bits per heavy atom. The van der Waals surface area contributed by atoms with E-state index in [1.165, 1.54) is 0 Å². The van der Waals surface area contributed by atoms with Crippen LogP contribution >= 0.6 is 0 Å². The van der Waals surface area contributed by atoms with E-state index in [0.29, 0.717) is 31.8 Å². The highest BCUT2D eigenvalue weighted by molar-refractivity contribution is 5.77. The number of carbonyl (C=O) groups excluding carboxylic acids is 1. The Bertz CT molecular complexity index is 636. The maximum Gasteiger partial charge on any atom is 0.222 e. The molecule has 0 bridgehead atoms. The van der Waals surface area contributed by atoms with Gasteiger partial charge in [-0.2, -0.15) is 5.10 Å². The number of nitrogens with one attached hydrogen (secondary N) is 2. The maximum atomic E-state index is 12.9. The normalized spacial score (nSPS) is 28.5. The molecule has 3 rings (SSSR count). The molecule has 146 valence electrons. The molecule has 2 fully saturated rings. The molecule has 26 heavy (non-hydrogen) atoms. The molecule has 0 aliphatic carbocycles. The second kappa shape index (κ2) is 6.97. The van der Waals surface area contributed by atoms with Gasteiger partial charge in [-0.15, -0.1) is 0 Å². The number of aliphatic hydroxyl groups excluding tert-OH is 1. The van der Waals surface area contributed by atoms with Crippen molar-refractivity contribution in [1.82, 2.24) is 20.4 Å². The van der Waals surface area contributed by atoms with Crippen LogP contribution in [-0.4, -0.2) is 56.4 Å². The van der Waals surface area contributed by atoms with Gasteiger partial charge in [0.05, 0.1) is 11.8 Å². The molecule has 0 saturated carbocycles. The average molecular weight is 363 g/mol. The number of hydrogen-bond donors (Lipinski definition) is 3. The zero-order valence-corrected chi connectivity index (χ0v) is 16.8. The molecule has 6 heteroatoms. The predicted molar refractivity (Wildman–Crippen MR) is 102 cm³/mol. The Hall–Kier alpha value is -1.40. The third-order valence-corrected chi connectivity index (χ3v) is 5.73. The van der Waals surface area contributed by atoms with Gasteiger partial charge in [0.25, 0.3) is 0 Å². The fourth-order valence-electron chi connectivity index (χ4n) is 5.16. The summed E-state index contributed by atoms with van der Waals surface area (Å²) in [4.78, 5) is 14.7. The fourth-order valence-corrected chi connectivity index (χ4v) is 5.16. The second-order valence-electron chi connectivity index (χ2n) is 9.74. The number of aromatic amines is 1. The molecule has 3 heterocycles. The number of H-pyrrole nitrogens is 1. The lowest BCUT2D eigenvalue weighted by molar-refractivity contribution is -0.132. The summed E-state index contributed by atoms with van der Waals surface area (Å²) < 4.78 is 0.